The van der Waals surface area contributed by atoms with E-state index in [0.717, 1.165) is 68.9 Å². The number of benzene rings is 1. The van der Waals surface area contributed by atoms with Crippen molar-refractivity contribution in [3.8, 4) is 0 Å². The van der Waals surface area contributed by atoms with E-state index in [0.29, 0.717) is 11.8 Å². The summed E-state index contributed by atoms with van der Waals surface area (Å²) in [6.45, 7) is 6.28. The van der Waals surface area contributed by atoms with Gasteiger partial charge >= 0.3 is 0 Å². The molecule has 0 bridgehead atoms. The van der Waals surface area contributed by atoms with Gasteiger partial charge in [-0.15, -0.1) is 11.8 Å². The molecular weight excluding hydrogens is 420 g/mol. The molecule has 1 aromatic carbocycles. The lowest BCUT2D eigenvalue weighted by Crippen LogP contribution is -2.54. The maximum absolute atomic E-state index is 13.3. The first kappa shape index (κ1) is 23.3. The SMILES string of the molecule is CN1CCN(CCCNC(=O)CN2C(=O)/C(=C/c3ccccc3)SC3CCCCC32)CC1. The maximum Gasteiger partial charge on any atom is 0.261 e. The van der Waals surface area contributed by atoms with Crippen LogP contribution in [-0.2, 0) is 9.59 Å². The first-order valence-corrected chi connectivity index (χ1v) is 12.9. The number of thioether (sulfide) groups is 1. The molecular formula is C25H36N4O2S. The van der Waals surface area contributed by atoms with Gasteiger partial charge in [0.1, 0.15) is 6.54 Å². The highest BCUT2D eigenvalue weighted by molar-refractivity contribution is 8.04. The first-order chi connectivity index (χ1) is 15.6. The van der Waals surface area contributed by atoms with Crippen molar-refractivity contribution in [2.45, 2.75) is 43.4 Å². The zero-order valence-electron chi connectivity index (χ0n) is 19.2. The lowest BCUT2D eigenvalue weighted by molar-refractivity contribution is -0.135. The van der Waals surface area contributed by atoms with Crippen LogP contribution in [-0.4, -0.2) is 90.7 Å². The molecule has 2 aliphatic heterocycles. The summed E-state index contributed by atoms with van der Waals surface area (Å²) in [5.74, 6) is -0.0263. The Morgan fingerprint density at radius 3 is 2.66 bits per heavy atom. The van der Waals surface area contributed by atoms with Crippen LogP contribution in [0.15, 0.2) is 35.2 Å². The fourth-order valence-electron chi connectivity index (χ4n) is 4.87. The van der Waals surface area contributed by atoms with E-state index in [4.69, 9.17) is 0 Å². The second-order valence-corrected chi connectivity index (χ2v) is 10.5. The molecule has 4 rings (SSSR count). The van der Waals surface area contributed by atoms with Crippen molar-refractivity contribution in [2.75, 3.05) is 52.9 Å². The van der Waals surface area contributed by atoms with E-state index in [9.17, 15) is 9.59 Å². The van der Waals surface area contributed by atoms with E-state index in [1.165, 1.54) is 6.42 Å². The standard InChI is InChI=1S/C25H36N4O2S/c1-27-14-16-28(17-15-27)13-7-12-26-24(30)19-29-21-10-5-6-11-22(21)32-23(25(29)31)18-20-8-3-2-4-9-20/h2-4,8-9,18,21-22H,5-7,10-17,19H2,1H3,(H,26,30)/b23-18-. The monoisotopic (exact) mass is 456 g/mol. The van der Waals surface area contributed by atoms with Gasteiger partial charge in [-0.25, -0.2) is 0 Å². The summed E-state index contributed by atoms with van der Waals surface area (Å²) in [5.41, 5.74) is 1.03. The fraction of sp³-hybridized carbons (Fsp3) is 0.600. The normalized spacial score (nSPS) is 26.2. The van der Waals surface area contributed by atoms with Gasteiger partial charge < -0.3 is 20.0 Å². The average Bonchev–Trinajstić information content (AvgIpc) is 2.81. The quantitative estimate of drug-likeness (QED) is 0.505. The van der Waals surface area contributed by atoms with E-state index in [2.05, 4.69) is 22.2 Å². The van der Waals surface area contributed by atoms with Crippen molar-refractivity contribution in [3.05, 3.63) is 40.8 Å². The molecule has 3 aliphatic rings. The van der Waals surface area contributed by atoms with Crippen LogP contribution < -0.4 is 5.32 Å². The van der Waals surface area contributed by atoms with Crippen molar-refractivity contribution in [3.63, 3.8) is 0 Å². The number of nitrogens with one attached hydrogen (secondary N) is 1. The Kier molecular flexibility index (Phi) is 8.27. The van der Waals surface area contributed by atoms with Crippen LogP contribution >= 0.6 is 11.8 Å². The predicted molar refractivity (Wildman–Crippen MR) is 131 cm³/mol. The molecule has 7 heteroatoms. The number of piperazine rings is 1. The topological polar surface area (TPSA) is 55.9 Å². The van der Waals surface area contributed by atoms with Crippen molar-refractivity contribution in [1.82, 2.24) is 20.0 Å². The molecule has 32 heavy (non-hydrogen) atoms. The van der Waals surface area contributed by atoms with Gasteiger partial charge in [-0.2, -0.15) is 0 Å². The average molecular weight is 457 g/mol. The van der Waals surface area contributed by atoms with Gasteiger partial charge in [0.2, 0.25) is 5.91 Å². The number of amides is 2. The van der Waals surface area contributed by atoms with E-state index < -0.39 is 0 Å². The number of nitrogens with zero attached hydrogens (tertiary/aromatic N) is 3. The van der Waals surface area contributed by atoms with Gasteiger partial charge in [-0.05, 0) is 44.5 Å². The maximum atomic E-state index is 13.3. The van der Waals surface area contributed by atoms with Crippen molar-refractivity contribution in [2.24, 2.45) is 0 Å². The summed E-state index contributed by atoms with van der Waals surface area (Å²) < 4.78 is 0. The summed E-state index contributed by atoms with van der Waals surface area (Å²) in [7, 11) is 2.16. The second-order valence-electron chi connectivity index (χ2n) is 9.21. The Labute approximate surface area is 196 Å². The summed E-state index contributed by atoms with van der Waals surface area (Å²) in [5, 5.41) is 3.45. The van der Waals surface area contributed by atoms with E-state index in [-0.39, 0.29) is 24.4 Å². The van der Waals surface area contributed by atoms with Crippen LogP contribution in [0.5, 0.6) is 0 Å². The Morgan fingerprint density at radius 1 is 1.12 bits per heavy atom. The van der Waals surface area contributed by atoms with E-state index in [1.54, 1.807) is 11.8 Å². The molecule has 0 aromatic heterocycles. The highest BCUT2D eigenvalue weighted by atomic mass is 32.2. The van der Waals surface area contributed by atoms with Crippen LogP contribution in [0, 0.1) is 0 Å². The molecule has 1 N–H and O–H groups in total. The van der Waals surface area contributed by atoms with Crippen LogP contribution in [0.25, 0.3) is 6.08 Å². The lowest BCUT2D eigenvalue weighted by Gasteiger charge is -2.43. The first-order valence-electron chi connectivity index (χ1n) is 12.0. The van der Waals surface area contributed by atoms with Crippen LogP contribution in [0.3, 0.4) is 0 Å². The Morgan fingerprint density at radius 2 is 1.88 bits per heavy atom. The second kappa shape index (κ2) is 11.3. The highest BCUT2D eigenvalue weighted by Gasteiger charge is 2.41. The third-order valence-corrected chi connectivity index (χ3v) is 8.20. The third kappa shape index (κ3) is 6.15. The molecule has 2 unspecified atom stereocenters. The zero-order valence-corrected chi connectivity index (χ0v) is 20.0. The lowest BCUT2D eigenvalue weighted by atomic mass is 9.93. The Bertz CT molecular complexity index is 807. The van der Waals surface area contributed by atoms with Crippen molar-refractivity contribution < 1.29 is 9.59 Å². The molecule has 2 amide bonds. The molecule has 1 aromatic rings. The highest BCUT2D eigenvalue weighted by Crippen LogP contribution is 2.42. The van der Waals surface area contributed by atoms with Crippen molar-refractivity contribution in [1.29, 1.82) is 0 Å². The third-order valence-electron chi connectivity index (χ3n) is 6.80. The Hall–Kier alpha value is -1.83. The molecule has 1 saturated carbocycles. The molecule has 2 heterocycles. The number of fused-ring (bicyclic) bond motifs is 1. The molecule has 0 radical (unpaired) electrons. The number of hydrogen-bond acceptors (Lipinski definition) is 5. The summed E-state index contributed by atoms with van der Waals surface area (Å²) in [6.07, 6.45) is 7.38. The van der Waals surface area contributed by atoms with Gasteiger partial charge in [0, 0.05) is 44.0 Å². The summed E-state index contributed by atoms with van der Waals surface area (Å²) in [6, 6.07) is 10.2. The number of carbonyl (C=O) groups excluding carboxylic acids is 2. The smallest absolute Gasteiger partial charge is 0.261 e. The predicted octanol–water partition coefficient (Wildman–Crippen LogP) is 2.67. The van der Waals surface area contributed by atoms with Crippen LogP contribution in [0.4, 0.5) is 0 Å². The molecule has 2 saturated heterocycles. The number of carbonyl (C=O) groups is 2. The minimum Gasteiger partial charge on any atom is -0.355 e. The molecule has 1 aliphatic carbocycles. The molecule has 174 valence electrons. The van der Waals surface area contributed by atoms with Crippen LogP contribution in [0.1, 0.15) is 37.7 Å². The van der Waals surface area contributed by atoms with Gasteiger partial charge in [-0.1, -0.05) is 43.2 Å². The van der Waals surface area contributed by atoms with E-state index in [1.807, 2.05) is 41.3 Å². The fourth-order valence-corrected chi connectivity index (χ4v) is 6.35. The summed E-state index contributed by atoms with van der Waals surface area (Å²) >= 11 is 1.72. The number of hydrogen-bond donors (Lipinski definition) is 1. The molecule has 0 spiro atoms. The summed E-state index contributed by atoms with van der Waals surface area (Å²) in [4.78, 5) is 33.5. The van der Waals surface area contributed by atoms with Gasteiger partial charge in [0.05, 0.1) is 4.91 Å². The minimum absolute atomic E-state index is 0.00888. The largest absolute Gasteiger partial charge is 0.355 e. The zero-order chi connectivity index (χ0) is 22.3. The number of rotatable bonds is 7. The molecule has 6 nitrogen and oxygen atoms in total. The van der Waals surface area contributed by atoms with Gasteiger partial charge in [-0.3, -0.25) is 9.59 Å². The Balaban J connectivity index is 1.32. The minimum atomic E-state index is -0.0352. The van der Waals surface area contributed by atoms with Gasteiger partial charge in [0.15, 0.2) is 0 Å². The van der Waals surface area contributed by atoms with Crippen molar-refractivity contribution >= 4 is 29.7 Å². The van der Waals surface area contributed by atoms with Gasteiger partial charge in [0.25, 0.3) is 5.91 Å². The van der Waals surface area contributed by atoms with E-state index >= 15 is 0 Å². The van der Waals surface area contributed by atoms with Crippen LogP contribution in [0.2, 0.25) is 0 Å². The molecule has 3 fully saturated rings. The molecule has 2 atom stereocenters. The number of likely N-dealkylation sites (N-methyl/N-ethyl adjacent to an activating group) is 1.